The molecule has 0 atom stereocenters. The molecule has 0 fully saturated rings. The molecule has 0 bridgehead atoms. The first-order valence-corrected chi connectivity index (χ1v) is 13.9. The maximum absolute atomic E-state index is 14.6. The SMILES string of the molecule is CCN(CC)CCN(Cc1cccnc1C(N)=O)C(=O)N(c1ccc(F)c(F)c1)c1ccccc1NC(=O)OC(C)(C)C. The Morgan fingerprint density at radius 3 is 2.28 bits per heavy atom. The molecular formula is C31H38F2N6O4. The van der Waals surface area contributed by atoms with Gasteiger partial charge in [0.15, 0.2) is 11.6 Å². The molecule has 0 aliphatic carbocycles. The minimum Gasteiger partial charge on any atom is -0.444 e. The average Bonchev–Trinajstić information content (AvgIpc) is 2.94. The maximum Gasteiger partial charge on any atom is 0.412 e. The summed E-state index contributed by atoms with van der Waals surface area (Å²) >= 11 is 0. The molecule has 0 spiro atoms. The molecule has 2 aromatic carbocycles. The van der Waals surface area contributed by atoms with E-state index in [1.807, 2.05) is 13.8 Å². The highest BCUT2D eigenvalue weighted by Gasteiger charge is 2.29. The number of rotatable bonds is 11. The van der Waals surface area contributed by atoms with E-state index in [0.29, 0.717) is 12.1 Å². The number of halogens is 2. The molecule has 43 heavy (non-hydrogen) atoms. The lowest BCUT2D eigenvalue weighted by molar-refractivity contribution is 0.0635. The Morgan fingerprint density at radius 2 is 1.65 bits per heavy atom. The average molecular weight is 597 g/mol. The number of carbonyl (C=O) groups is 3. The number of aromatic nitrogens is 1. The van der Waals surface area contributed by atoms with E-state index < -0.39 is 35.3 Å². The second-order valence-corrected chi connectivity index (χ2v) is 10.7. The van der Waals surface area contributed by atoms with Crippen molar-refractivity contribution in [2.75, 3.05) is 36.4 Å². The van der Waals surface area contributed by atoms with Gasteiger partial charge in [0.25, 0.3) is 5.91 Å². The topological polar surface area (TPSA) is 121 Å². The highest BCUT2D eigenvalue weighted by atomic mass is 19.2. The van der Waals surface area contributed by atoms with Crippen LogP contribution in [0.3, 0.4) is 0 Å². The van der Waals surface area contributed by atoms with E-state index in [1.165, 1.54) is 22.1 Å². The summed E-state index contributed by atoms with van der Waals surface area (Å²) in [5.41, 5.74) is 5.57. The van der Waals surface area contributed by atoms with Crippen LogP contribution >= 0.6 is 0 Å². The Kier molecular flexibility index (Phi) is 11.1. The van der Waals surface area contributed by atoms with E-state index in [9.17, 15) is 23.2 Å². The lowest BCUT2D eigenvalue weighted by Crippen LogP contribution is -2.45. The van der Waals surface area contributed by atoms with Crippen LogP contribution in [-0.2, 0) is 11.3 Å². The first-order valence-electron chi connectivity index (χ1n) is 13.9. The van der Waals surface area contributed by atoms with Crippen molar-refractivity contribution in [3.8, 4) is 0 Å². The van der Waals surface area contributed by atoms with Gasteiger partial charge in [0.1, 0.15) is 11.3 Å². The van der Waals surface area contributed by atoms with Crippen molar-refractivity contribution in [1.82, 2.24) is 14.8 Å². The standard InChI is InChI=1S/C31H38F2N6O4/c1-6-37(7-2)17-18-38(20-21-11-10-16-35-27(21)28(34)40)30(42)39(22-14-15-23(32)24(33)19-22)26-13-9-8-12-25(26)36-29(41)43-31(3,4)5/h8-16,19H,6-7,17-18,20H2,1-5H3,(H2,34,40)(H,36,41). The van der Waals surface area contributed by atoms with Crippen LogP contribution in [0.4, 0.5) is 35.4 Å². The number of amides is 4. The fourth-order valence-electron chi connectivity index (χ4n) is 4.34. The largest absolute Gasteiger partial charge is 0.444 e. The number of nitrogens with zero attached hydrogens (tertiary/aromatic N) is 4. The number of nitrogens with two attached hydrogens (primary N) is 1. The van der Waals surface area contributed by atoms with Gasteiger partial charge in [-0.25, -0.2) is 18.4 Å². The smallest absolute Gasteiger partial charge is 0.412 e. The zero-order valence-corrected chi connectivity index (χ0v) is 25.1. The lowest BCUT2D eigenvalue weighted by Gasteiger charge is -2.33. The summed E-state index contributed by atoms with van der Waals surface area (Å²) in [6.07, 6.45) is 0.662. The quantitative estimate of drug-likeness (QED) is 0.284. The van der Waals surface area contributed by atoms with Gasteiger partial charge in [-0.15, -0.1) is 0 Å². The van der Waals surface area contributed by atoms with Crippen LogP contribution in [-0.4, -0.2) is 64.6 Å². The van der Waals surface area contributed by atoms with Gasteiger partial charge in [-0.05, 0) is 64.2 Å². The van der Waals surface area contributed by atoms with E-state index in [2.05, 4.69) is 15.2 Å². The number of carbonyl (C=O) groups excluding carboxylic acids is 3. The van der Waals surface area contributed by atoms with Gasteiger partial charge in [-0.1, -0.05) is 32.0 Å². The van der Waals surface area contributed by atoms with Crippen LogP contribution < -0.4 is 16.0 Å². The molecule has 3 aromatic rings. The summed E-state index contributed by atoms with van der Waals surface area (Å²) in [5, 5.41) is 2.66. The number of likely N-dealkylation sites (N-methyl/N-ethyl adjacent to an activating group) is 1. The Hall–Kier alpha value is -4.58. The minimum absolute atomic E-state index is 0.00880. The van der Waals surface area contributed by atoms with Crippen LogP contribution in [0.5, 0.6) is 0 Å². The maximum atomic E-state index is 14.6. The summed E-state index contributed by atoms with van der Waals surface area (Å²) in [4.78, 5) is 48.2. The predicted molar refractivity (Wildman–Crippen MR) is 161 cm³/mol. The number of para-hydroxylation sites is 2. The molecule has 3 rings (SSSR count). The summed E-state index contributed by atoms with van der Waals surface area (Å²) in [6, 6.07) is 12.1. The third-order valence-electron chi connectivity index (χ3n) is 6.47. The van der Waals surface area contributed by atoms with Crippen molar-refractivity contribution in [2.24, 2.45) is 5.73 Å². The van der Waals surface area contributed by atoms with Crippen molar-refractivity contribution in [1.29, 1.82) is 0 Å². The van der Waals surface area contributed by atoms with Crippen molar-refractivity contribution in [3.05, 3.63) is 83.7 Å². The van der Waals surface area contributed by atoms with Crippen LogP contribution in [0.25, 0.3) is 0 Å². The molecule has 230 valence electrons. The van der Waals surface area contributed by atoms with Gasteiger partial charge in [0.05, 0.1) is 17.1 Å². The molecule has 3 N–H and O–H groups in total. The van der Waals surface area contributed by atoms with E-state index in [1.54, 1.807) is 57.2 Å². The number of ether oxygens (including phenoxy) is 1. The Balaban J connectivity index is 2.15. The van der Waals surface area contributed by atoms with E-state index in [-0.39, 0.29) is 35.8 Å². The zero-order chi connectivity index (χ0) is 31.7. The van der Waals surface area contributed by atoms with Crippen LogP contribution in [0, 0.1) is 11.6 Å². The second-order valence-electron chi connectivity index (χ2n) is 10.7. The number of urea groups is 1. The van der Waals surface area contributed by atoms with Crippen LogP contribution in [0.15, 0.2) is 60.8 Å². The van der Waals surface area contributed by atoms with Gasteiger partial charge in [-0.2, -0.15) is 0 Å². The normalized spacial score (nSPS) is 11.3. The summed E-state index contributed by atoms with van der Waals surface area (Å²) in [5.74, 6) is -3.00. The van der Waals surface area contributed by atoms with Gasteiger partial charge in [0.2, 0.25) is 0 Å². The molecule has 10 nitrogen and oxygen atoms in total. The number of hydrogen-bond acceptors (Lipinski definition) is 6. The number of benzene rings is 2. The molecule has 0 saturated carbocycles. The van der Waals surface area contributed by atoms with Gasteiger partial charge in [0, 0.05) is 37.5 Å². The molecule has 0 unspecified atom stereocenters. The molecule has 0 aliphatic rings. The highest BCUT2D eigenvalue weighted by Crippen LogP contribution is 2.35. The van der Waals surface area contributed by atoms with E-state index >= 15 is 0 Å². The lowest BCUT2D eigenvalue weighted by atomic mass is 10.1. The number of hydrogen-bond donors (Lipinski definition) is 2. The van der Waals surface area contributed by atoms with E-state index in [0.717, 1.165) is 25.2 Å². The first kappa shape index (κ1) is 32.9. The number of anilines is 3. The third-order valence-corrected chi connectivity index (χ3v) is 6.47. The first-order chi connectivity index (χ1) is 20.3. The number of pyridine rings is 1. The predicted octanol–water partition coefficient (Wildman–Crippen LogP) is 5.91. The fraction of sp³-hybridized carbons (Fsp3) is 0.355. The van der Waals surface area contributed by atoms with Crippen LogP contribution in [0.2, 0.25) is 0 Å². The van der Waals surface area contributed by atoms with E-state index in [4.69, 9.17) is 10.5 Å². The Labute approximate surface area is 250 Å². The highest BCUT2D eigenvalue weighted by molar-refractivity contribution is 6.04. The second kappa shape index (κ2) is 14.5. The molecule has 12 heteroatoms. The third kappa shape index (κ3) is 8.95. The van der Waals surface area contributed by atoms with Gasteiger partial charge >= 0.3 is 12.1 Å². The summed E-state index contributed by atoms with van der Waals surface area (Å²) < 4.78 is 34.0. The van der Waals surface area contributed by atoms with Crippen molar-refractivity contribution in [2.45, 2.75) is 46.8 Å². The van der Waals surface area contributed by atoms with Gasteiger partial charge < -0.3 is 20.3 Å². The minimum atomic E-state index is -1.16. The number of nitrogens with one attached hydrogen (secondary N) is 1. The monoisotopic (exact) mass is 596 g/mol. The van der Waals surface area contributed by atoms with Crippen molar-refractivity contribution < 1.29 is 27.9 Å². The molecule has 1 aromatic heterocycles. The van der Waals surface area contributed by atoms with Crippen molar-refractivity contribution >= 4 is 35.1 Å². The Morgan fingerprint density at radius 1 is 0.953 bits per heavy atom. The molecule has 0 radical (unpaired) electrons. The summed E-state index contributed by atoms with van der Waals surface area (Å²) in [6.45, 7) is 11.2. The zero-order valence-electron chi connectivity index (χ0n) is 25.1. The van der Waals surface area contributed by atoms with Crippen molar-refractivity contribution in [3.63, 3.8) is 0 Å². The fourth-order valence-corrected chi connectivity index (χ4v) is 4.34. The molecule has 1 heterocycles. The van der Waals surface area contributed by atoms with Crippen LogP contribution in [0.1, 0.15) is 50.7 Å². The number of primary amides is 1. The molecule has 4 amide bonds. The molecular weight excluding hydrogens is 558 g/mol. The Bertz CT molecular complexity index is 1440. The summed E-state index contributed by atoms with van der Waals surface area (Å²) in [7, 11) is 0. The molecule has 0 saturated heterocycles. The van der Waals surface area contributed by atoms with Gasteiger partial charge in [-0.3, -0.25) is 20.0 Å². The molecule has 0 aliphatic heterocycles.